The average Bonchev–Trinajstić information content (AvgIpc) is 3.29. The number of carbonyl (C=O) groups is 2. The molecular formula is C15H17N5O2. The van der Waals surface area contributed by atoms with E-state index in [4.69, 9.17) is 0 Å². The molecule has 1 aliphatic rings. The van der Waals surface area contributed by atoms with Crippen LogP contribution in [0.3, 0.4) is 0 Å². The van der Waals surface area contributed by atoms with Gasteiger partial charge in [0.05, 0.1) is 6.20 Å². The highest BCUT2D eigenvalue weighted by Gasteiger charge is 2.30. The number of amides is 2. The van der Waals surface area contributed by atoms with Crippen LogP contribution in [0.1, 0.15) is 18.4 Å². The topological polar surface area (TPSA) is 88.9 Å². The van der Waals surface area contributed by atoms with E-state index in [1.165, 1.54) is 4.68 Å². The van der Waals surface area contributed by atoms with Crippen LogP contribution < -0.4 is 10.6 Å². The van der Waals surface area contributed by atoms with Gasteiger partial charge in [-0.15, -0.1) is 5.10 Å². The molecule has 1 heterocycles. The van der Waals surface area contributed by atoms with Gasteiger partial charge >= 0.3 is 0 Å². The van der Waals surface area contributed by atoms with Gasteiger partial charge in [0.1, 0.15) is 6.54 Å². The second kappa shape index (κ2) is 6.38. The van der Waals surface area contributed by atoms with Crippen molar-refractivity contribution >= 4 is 17.6 Å². The summed E-state index contributed by atoms with van der Waals surface area (Å²) in [5, 5.41) is 13.2. The van der Waals surface area contributed by atoms with Gasteiger partial charge in [0.2, 0.25) is 11.8 Å². The molecule has 0 unspecified atom stereocenters. The first-order chi connectivity index (χ1) is 10.7. The van der Waals surface area contributed by atoms with Gasteiger partial charge in [-0.1, -0.05) is 35.5 Å². The van der Waals surface area contributed by atoms with Gasteiger partial charge in [0.25, 0.3) is 0 Å². The Hall–Kier alpha value is -2.70. The molecule has 114 valence electrons. The third-order valence-corrected chi connectivity index (χ3v) is 3.38. The molecule has 0 aliphatic heterocycles. The maximum absolute atomic E-state index is 11.8. The van der Waals surface area contributed by atoms with E-state index >= 15 is 0 Å². The van der Waals surface area contributed by atoms with Crippen molar-refractivity contribution < 1.29 is 9.59 Å². The van der Waals surface area contributed by atoms with Crippen LogP contribution in [-0.4, -0.2) is 26.8 Å². The fourth-order valence-corrected chi connectivity index (χ4v) is 2.01. The van der Waals surface area contributed by atoms with E-state index in [0.29, 0.717) is 12.4 Å². The van der Waals surface area contributed by atoms with E-state index in [1.54, 1.807) is 6.20 Å². The van der Waals surface area contributed by atoms with Gasteiger partial charge in [-0.25, -0.2) is 4.68 Å². The Morgan fingerprint density at radius 3 is 2.73 bits per heavy atom. The van der Waals surface area contributed by atoms with Crippen molar-refractivity contribution in [1.82, 2.24) is 20.3 Å². The number of benzene rings is 1. The Bertz CT molecular complexity index is 664. The summed E-state index contributed by atoms with van der Waals surface area (Å²) in [6, 6.07) is 9.67. The maximum Gasteiger partial charge on any atom is 0.242 e. The Labute approximate surface area is 127 Å². The minimum absolute atomic E-state index is 0.0272. The number of nitrogens with zero attached hydrogens (tertiary/aromatic N) is 3. The number of carbonyl (C=O) groups excluding carboxylic acids is 2. The van der Waals surface area contributed by atoms with E-state index in [1.807, 2.05) is 30.3 Å². The summed E-state index contributed by atoms with van der Waals surface area (Å²) in [6.07, 6.45) is 3.42. The number of anilines is 1. The number of nitrogens with one attached hydrogen (secondary N) is 2. The molecule has 1 aromatic carbocycles. The van der Waals surface area contributed by atoms with Crippen molar-refractivity contribution in [2.45, 2.75) is 25.9 Å². The molecule has 0 spiro atoms. The van der Waals surface area contributed by atoms with Crippen LogP contribution in [0, 0.1) is 5.92 Å². The molecule has 0 radical (unpaired) electrons. The molecule has 3 rings (SSSR count). The SMILES string of the molecule is O=C(Cn1cc(NC(=O)C2CC2)nn1)NCc1ccccc1. The smallest absolute Gasteiger partial charge is 0.242 e. The lowest BCUT2D eigenvalue weighted by Gasteiger charge is -2.04. The first kappa shape index (κ1) is 14.2. The summed E-state index contributed by atoms with van der Waals surface area (Å²) in [5.41, 5.74) is 1.03. The molecule has 2 aromatic rings. The highest BCUT2D eigenvalue weighted by molar-refractivity contribution is 5.93. The predicted octanol–water partition coefficient (Wildman–Crippen LogP) is 0.943. The van der Waals surface area contributed by atoms with Crippen LogP contribution in [0.15, 0.2) is 36.5 Å². The highest BCUT2D eigenvalue weighted by atomic mass is 16.2. The van der Waals surface area contributed by atoms with Crippen molar-refractivity contribution in [3.63, 3.8) is 0 Å². The summed E-state index contributed by atoms with van der Waals surface area (Å²) in [5.74, 6) is 0.307. The average molecular weight is 299 g/mol. The highest BCUT2D eigenvalue weighted by Crippen LogP contribution is 2.29. The predicted molar refractivity (Wildman–Crippen MR) is 79.7 cm³/mol. The normalized spacial score (nSPS) is 13.6. The summed E-state index contributed by atoms with van der Waals surface area (Å²) < 4.78 is 1.41. The largest absolute Gasteiger partial charge is 0.350 e. The lowest BCUT2D eigenvalue weighted by Crippen LogP contribution is -2.27. The zero-order valence-corrected chi connectivity index (χ0v) is 12.0. The summed E-state index contributed by atoms with van der Waals surface area (Å²) in [4.78, 5) is 23.4. The molecule has 22 heavy (non-hydrogen) atoms. The molecule has 2 amide bonds. The van der Waals surface area contributed by atoms with E-state index in [2.05, 4.69) is 20.9 Å². The van der Waals surface area contributed by atoms with Crippen molar-refractivity contribution in [2.24, 2.45) is 5.92 Å². The first-order valence-electron chi connectivity index (χ1n) is 7.22. The lowest BCUT2D eigenvalue weighted by atomic mass is 10.2. The maximum atomic E-state index is 11.8. The minimum atomic E-state index is -0.158. The van der Waals surface area contributed by atoms with Crippen LogP contribution in [0.5, 0.6) is 0 Å². The van der Waals surface area contributed by atoms with Crippen LogP contribution >= 0.6 is 0 Å². The number of hydrogen-bond acceptors (Lipinski definition) is 4. The molecule has 0 saturated heterocycles. The lowest BCUT2D eigenvalue weighted by molar-refractivity contribution is -0.122. The van der Waals surface area contributed by atoms with Gasteiger partial charge in [-0.2, -0.15) is 0 Å². The van der Waals surface area contributed by atoms with Crippen LogP contribution in [-0.2, 0) is 22.7 Å². The van der Waals surface area contributed by atoms with E-state index in [-0.39, 0.29) is 24.3 Å². The van der Waals surface area contributed by atoms with Crippen molar-refractivity contribution in [3.8, 4) is 0 Å². The van der Waals surface area contributed by atoms with Crippen LogP contribution in [0.4, 0.5) is 5.82 Å². The molecule has 0 bridgehead atoms. The van der Waals surface area contributed by atoms with Crippen LogP contribution in [0.2, 0.25) is 0 Å². The van der Waals surface area contributed by atoms with Crippen molar-refractivity contribution in [3.05, 3.63) is 42.1 Å². The standard InChI is InChI=1S/C15H17N5O2/c21-14(16-8-11-4-2-1-3-5-11)10-20-9-13(18-19-20)17-15(22)12-6-7-12/h1-5,9,12H,6-8,10H2,(H,16,21)(H,17,22). The zero-order valence-electron chi connectivity index (χ0n) is 12.0. The van der Waals surface area contributed by atoms with Gasteiger partial charge in [0, 0.05) is 12.5 Å². The van der Waals surface area contributed by atoms with Gasteiger partial charge < -0.3 is 10.6 Å². The summed E-state index contributed by atoms with van der Waals surface area (Å²) >= 11 is 0. The molecule has 1 saturated carbocycles. The van der Waals surface area contributed by atoms with E-state index < -0.39 is 0 Å². The second-order valence-electron chi connectivity index (χ2n) is 5.33. The van der Waals surface area contributed by atoms with E-state index in [9.17, 15) is 9.59 Å². The molecule has 1 aromatic heterocycles. The van der Waals surface area contributed by atoms with Crippen molar-refractivity contribution in [2.75, 3.05) is 5.32 Å². The van der Waals surface area contributed by atoms with Gasteiger partial charge in [0.15, 0.2) is 5.82 Å². The number of hydrogen-bond donors (Lipinski definition) is 2. The molecule has 1 fully saturated rings. The third-order valence-electron chi connectivity index (χ3n) is 3.38. The monoisotopic (exact) mass is 299 g/mol. The fourth-order valence-electron chi connectivity index (χ4n) is 2.01. The Balaban J connectivity index is 1.47. The molecule has 7 heteroatoms. The Kier molecular flexibility index (Phi) is 4.13. The molecular weight excluding hydrogens is 282 g/mol. The third kappa shape index (κ3) is 3.91. The van der Waals surface area contributed by atoms with Crippen molar-refractivity contribution in [1.29, 1.82) is 0 Å². The zero-order chi connectivity index (χ0) is 15.4. The Morgan fingerprint density at radius 2 is 2.00 bits per heavy atom. The first-order valence-corrected chi connectivity index (χ1v) is 7.22. The summed E-state index contributed by atoms with van der Waals surface area (Å²) in [7, 11) is 0. The van der Waals surface area contributed by atoms with Gasteiger partial charge in [-0.05, 0) is 18.4 Å². The molecule has 7 nitrogen and oxygen atoms in total. The molecule has 0 atom stereocenters. The second-order valence-corrected chi connectivity index (χ2v) is 5.33. The van der Waals surface area contributed by atoms with Crippen LogP contribution in [0.25, 0.3) is 0 Å². The summed E-state index contributed by atoms with van der Waals surface area (Å²) in [6.45, 7) is 0.540. The molecule has 1 aliphatic carbocycles. The van der Waals surface area contributed by atoms with E-state index in [0.717, 1.165) is 18.4 Å². The molecule has 2 N–H and O–H groups in total. The quantitative estimate of drug-likeness (QED) is 0.831. The Morgan fingerprint density at radius 1 is 1.23 bits per heavy atom. The minimum Gasteiger partial charge on any atom is -0.350 e. The number of aromatic nitrogens is 3. The fraction of sp³-hybridized carbons (Fsp3) is 0.333. The number of rotatable bonds is 6. The van der Waals surface area contributed by atoms with Gasteiger partial charge in [-0.3, -0.25) is 9.59 Å².